The van der Waals surface area contributed by atoms with Crippen molar-refractivity contribution < 1.29 is 5.11 Å². The van der Waals surface area contributed by atoms with E-state index in [0.29, 0.717) is 0 Å². The fraction of sp³-hybridized carbons (Fsp3) is 0.444. The minimum atomic E-state index is 0.108. The third-order valence-corrected chi connectivity index (χ3v) is 1.78. The van der Waals surface area contributed by atoms with Crippen molar-refractivity contribution >= 4 is 0 Å². The first-order valence-electron chi connectivity index (χ1n) is 4.05. The number of hydrogen-bond acceptors (Lipinski definition) is 3. The van der Waals surface area contributed by atoms with Crippen molar-refractivity contribution in [1.29, 1.82) is 0 Å². The van der Waals surface area contributed by atoms with E-state index >= 15 is 0 Å². The molecular weight excluding hydrogens is 152 g/mol. The molecule has 1 rings (SSSR count). The number of likely N-dealkylation sites (N-methyl/N-ethyl adjacent to an activating group) is 1. The van der Waals surface area contributed by atoms with Crippen LogP contribution in [0.15, 0.2) is 24.4 Å². The number of rotatable bonds is 4. The lowest BCUT2D eigenvalue weighted by Crippen LogP contribution is -2.20. The largest absolute Gasteiger partial charge is 0.396 e. The second kappa shape index (κ2) is 4.85. The highest BCUT2D eigenvalue weighted by molar-refractivity contribution is 5.09. The summed E-state index contributed by atoms with van der Waals surface area (Å²) in [6, 6.07) is 5.73. The van der Waals surface area contributed by atoms with Crippen LogP contribution in [-0.2, 0) is 0 Å². The van der Waals surface area contributed by atoms with Gasteiger partial charge in [-0.2, -0.15) is 0 Å². The molecule has 0 radical (unpaired) electrons. The second-order valence-electron chi connectivity index (χ2n) is 2.69. The van der Waals surface area contributed by atoms with Gasteiger partial charge in [-0.3, -0.25) is 4.98 Å². The Kier molecular flexibility index (Phi) is 3.70. The van der Waals surface area contributed by atoms with Gasteiger partial charge in [-0.15, -0.1) is 0 Å². The topological polar surface area (TPSA) is 45.1 Å². The Morgan fingerprint density at radius 3 is 2.92 bits per heavy atom. The quantitative estimate of drug-likeness (QED) is 0.679. The van der Waals surface area contributed by atoms with Gasteiger partial charge in [0.2, 0.25) is 0 Å². The van der Waals surface area contributed by atoms with E-state index in [-0.39, 0.29) is 12.5 Å². The van der Waals surface area contributed by atoms with Gasteiger partial charge >= 0.3 is 0 Å². The standard InChI is InChI=1S/C9H14N2O/c1-10-6-8(7-12)9-4-2-3-5-11-9/h2-5,8,10,12H,6-7H2,1H3. The van der Waals surface area contributed by atoms with Crippen molar-refractivity contribution in [2.24, 2.45) is 0 Å². The molecule has 0 saturated carbocycles. The van der Waals surface area contributed by atoms with Crippen LogP contribution in [0.25, 0.3) is 0 Å². The molecule has 1 aromatic rings. The van der Waals surface area contributed by atoms with Crippen molar-refractivity contribution in [1.82, 2.24) is 10.3 Å². The molecule has 1 atom stereocenters. The number of aliphatic hydroxyl groups is 1. The minimum Gasteiger partial charge on any atom is -0.396 e. The Balaban J connectivity index is 2.66. The first-order chi connectivity index (χ1) is 5.88. The second-order valence-corrected chi connectivity index (χ2v) is 2.69. The van der Waals surface area contributed by atoms with Crippen LogP contribution in [0.4, 0.5) is 0 Å². The molecule has 0 aliphatic carbocycles. The average molecular weight is 166 g/mol. The molecule has 3 heteroatoms. The van der Waals surface area contributed by atoms with Crippen molar-refractivity contribution in [3.8, 4) is 0 Å². The zero-order chi connectivity index (χ0) is 8.81. The van der Waals surface area contributed by atoms with Crippen LogP contribution in [0, 0.1) is 0 Å². The maximum atomic E-state index is 9.03. The van der Waals surface area contributed by atoms with Gasteiger partial charge in [0.25, 0.3) is 0 Å². The van der Waals surface area contributed by atoms with Crippen LogP contribution in [-0.4, -0.2) is 30.3 Å². The summed E-state index contributed by atoms with van der Waals surface area (Å²) in [6.07, 6.45) is 1.74. The summed E-state index contributed by atoms with van der Waals surface area (Å²) in [6.45, 7) is 0.894. The number of aromatic nitrogens is 1. The number of nitrogens with one attached hydrogen (secondary N) is 1. The Morgan fingerprint density at radius 2 is 2.42 bits per heavy atom. The number of nitrogens with zero attached hydrogens (tertiary/aromatic N) is 1. The highest BCUT2D eigenvalue weighted by Gasteiger charge is 2.08. The van der Waals surface area contributed by atoms with Crippen LogP contribution in [0.5, 0.6) is 0 Å². The van der Waals surface area contributed by atoms with Crippen LogP contribution in [0.3, 0.4) is 0 Å². The smallest absolute Gasteiger partial charge is 0.0527 e. The van der Waals surface area contributed by atoms with Crippen LogP contribution < -0.4 is 5.32 Å². The van der Waals surface area contributed by atoms with E-state index in [4.69, 9.17) is 5.11 Å². The molecular formula is C9H14N2O. The summed E-state index contributed by atoms with van der Waals surface area (Å²) in [7, 11) is 1.87. The molecule has 66 valence electrons. The van der Waals surface area contributed by atoms with Gasteiger partial charge < -0.3 is 10.4 Å². The van der Waals surface area contributed by atoms with Gasteiger partial charge in [-0.05, 0) is 19.2 Å². The first-order valence-corrected chi connectivity index (χ1v) is 4.05. The lowest BCUT2D eigenvalue weighted by atomic mass is 10.1. The van der Waals surface area contributed by atoms with Crippen LogP contribution >= 0.6 is 0 Å². The lowest BCUT2D eigenvalue weighted by Gasteiger charge is -2.11. The highest BCUT2D eigenvalue weighted by atomic mass is 16.3. The van der Waals surface area contributed by atoms with Gasteiger partial charge in [0.15, 0.2) is 0 Å². The third kappa shape index (κ3) is 2.29. The maximum Gasteiger partial charge on any atom is 0.0527 e. The third-order valence-electron chi connectivity index (χ3n) is 1.78. The molecule has 1 aromatic heterocycles. The summed E-state index contributed by atoms with van der Waals surface area (Å²) >= 11 is 0. The average Bonchev–Trinajstić information content (AvgIpc) is 2.15. The number of aliphatic hydroxyl groups excluding tert-OH is 1. The van der Waals surface area contributed by atoms with Gasteiger partial charge in [0, 0.05) is 24.4 Å². The molecule has 0 amide bonds. The Bertz CT molecular complexity index is 213. The molecule has 0 saturated heterocycles. The molecule has 0 bridgehead atoms. The highest BCUT2D eigenvalue weighted by Crippen LogP contribution is 2.09. The number of pyridine rings is 1. The Labute approximate surface area is 72.5 Å². The molecule has 3 nitrogen and oxygen atoms in total. The summed E-state index contributed by atoms with van der Waals surface area (Å²) in [5.41, 5.74) is 0.939. The minimum absolute atomic E-state index is 0.108. The van der Waals surface area contributed by atoms with Crippen LogP contribution in [0.2, 0.25) is 0 Å². The summed E-state index contributed by atoms with van der Waals surface area (Å²) in [4.78, 5) is 4.17. The molecule has 12 heavy (non-hydrogen) atoms. The zero-order valence-corrected chi connectivity index (χ0v) is 7.20. The van der Waals surface area contributed by atoms with E-state index in [1.807, 2.05) is 25.2 Å². The molecule has 0 spiro atoms. The summed E-state index contributed by atoms with van der Waals surface area (Å²) in [5.74, 6) is 0.108. The van der Waals surface area contributed by atoms with E-state index in [0.717, 1.165) is 12.2 Å². The molecule has 1 heterocycles. The van der Waals surface area contributed by atoms with Gasteiger partial charge in [-0.25, -0.2) is 0 Å². The number of hydrogen-bond donors (Lipinski definition) is 2. The SMILES string of the molecule is CNCC(CO)c1ccccn1. The lowest BCUT2D eigenvalue weighted by molar-refractivity contribution is 0.261. The van der Waals surface area contributed by atoms with Gasteiger partial charge in [-0.1, -0.05) is 6.07 Å². The van der Waals surface area contributed by atoms with Crippen molar-refractivity contribution in [3.05, 3.63) is 30.1 Å². The van der Waals surface area contributed by atoms with Crippen molar-refractivity contribution in [2.45, 2.75) is 5.92 Å². The molecule has 1 unspecified atom stereocenters. The van der Waals surface area contributed by atoms with E-state index < -0.39 is 0 Å². The van der Waals surface area contributed by atoms with E-state index in [1.54, 1.807) is 6.20 Å². The Morgan fingerprint density at radius 1 is 1.58 bits per heavy atom. The zero-order valence-electron chi connectivity index (χ0n) is 7.20. The van der Waals surface area contributed by atoms with Gasteiger partial charge in [0.05, 0.1) is 6.61 Å². The van der Waals surface area contributed by atoms with E-state index in [9.17, 15) is 0 Å². The summed E-state index contributed by atoms with van der Waals surface area (Å²) < 4.78 is 0. The predicted octanol–water partition coefficient (Wildman–Crippen LogP) is 0.377. The maximum absolute atomic E-state index is 9.03. The monoisotopic (exact) mass is 166 g/mol. The fourth-order valence-corrected chi connectivity index (χ4v) is 1.13. The normalized spacial score (nSPS) is 12.8. The van der Waals surface area contributed by atoms with Crippen molar-refractivity contribution in [3.63, 3.8) is 0 Å². The Hall–Kier alpha value is -0.930. The molecule has 0 aromatic carbocycles. The molecule has 0 fully saturated rings. The molecule has 0 aliphatic heterocycles. The van der Waals surface area contributed by atoms with E-state index in [1.165, 1.54) is 0 Å². The fourth-order valence-electron chi connectivity index (χ4n) is 1.13. The summed E-state index contributed by atoms with van der Waals surface area (Å²) in [5, 5.41) is 12.0. The molecule has 2 N–H and O–H groups in total. The van der Waals surface area contributed by atoms with Crippen LogP contribution in [0.1, 0.15) is 11.6 Å². The van der Waals surface area contributed by atoms with Gasteiger partial charge in [0.1, 0.15) is 0 Å². The van der Waals surface area contributed by atoms with E-state index in [2.05, 4.69) is 10.3 Å². The van der Waals surface area contributed by atoms with Crippen molar-refractivity contribution in [2.75, 3.05) is 20.2 Å². The first kappa shape index (κ1) is 9.16. The molecule has 0 aliphatic rings. The predicted molar refractivity (Wildman–Crippen MR) is 48.0 cm³/mol.